The average molecular weight is 520 g/mol. The second kappa shape index (κ2) is 9.76. The third-order valence-corrected chi connectivity index (χ3v) is 6.96. The molecule has 5 aromatic rings. The van der Waals surface area contributed by atoms with E-state index in [2.05, 4.69) is 10.1 Å². The minimum absolute atomic E-state index is 0.191. The van der Waals surface area contributed by atoms with Gasteiger partial charge in [0.1, 0.15) is 11.6 Å². The zero-order valence-corrected chi connectivity index (χ0v) is 21.0. The van der Waals surface area contributed by atoms with Gasteiger partial charge in [0.25, 0.3) is 11.5 Å². The van der Waals surface area contributed by atoms with Gasteiger partial charge < -0.3 is 4.98 Å². The summed E-state index contributed by atoms with van der Waals surface area (Å²) in [7, 11) is 0. The number of aromatic nitrogens is 1. The molecule has 192 valence electrons. The molecule has 1 aliphatic heterocycles. The maximum atomic E-state index is 14.3. The van der Waals surface area contributed by atoms with Gasteiger partial charge in [-0.2, -0.15) is 5.10 Å². The number of fused-ring (bicyclic) bond motifs is 1. The summed E-state index contributed by atoms with van der Waals surface area (Å²) in [5.74, 6) is -1.39. The van der Waals surface area contributed by atoms with Crippen molar-refractivity contribution in [2.24, 2.45) is 5.10 Å². The molecule has 6 rings (SSSR count). The minimum Gasteiger partial charge on any atom is -0.321 e. The van der Waals surface area contributed by atoms with E-state index in [1.807, 2.05) is 55.5 Å². The van der Waals surface area contributed by atoms with Gasteiger partial charge in [-0.3, -0.25) is 9.59 Å². The number of pyridine rings is 1. The summed E-state index contributed by atoms with van der Waals surface area (Å²) in [5, 5.41) is 6.81. The van der Waals surface area contributed by atoms with E-state index >= 15 is 0 Å². The lowest BCUT2D eigenvalue weighted by Crippen LogP contribution is -2.27. The Morgan fingerprint density at radius 1 is 0.872 bits per heavy atom. The van der Waals surface area contributed by atoms with Crippen LogP contribution in [0.15, 0.2) is 107 Å². The van der Waals surface area contributed by atoms with Crippen LogP contribution in [0.5, 0.6) is 0 Å². The molecule has 0 fully saturated rings. The zero-order chi connectivity index (χ0) is 27.1. The number of hydrazone groups is 1. The van der Waals surface area contributed by atoms with E-state index < -0.39 is 23.6 Å². The predicted molar refractivity (Wildman–Crippen MR) is 148 cm³/mol. The number of nitrogens with one attached hydrogen (secondary N) is 1. The van der Waals surface area contributed by atoms with Crippen LogP contribution in [0, 0.1) is 18.6 Å². The van der Waals surface area contributed by atoms with Crippen LogP contribution in [-0.2, 0) is 0 Å². The molecule has 0 spiro atoms. The molecule has 1 atom stereocenters. The van der Waals surface area contributed by atoms with Crippen molar-refractivity contribution in [2.45, 2.75) is 19.4 Å². The molecule has 39 heavy (non-hydrogen) atoms. The van der Waals surface area contributed by atoms with E-state index in [1.165, 1.54) is 41.4 Å². The maximum Gasteiger partial charge on any atom is 0.274 e. The third-order valence-electron chi connectivity index (χ3n) is 6.96. The average Bonchev–Trinajstić information content (AvgIpc) is 3.38. The smallest absolute Gasteiger partial charge is 0.274 e. The first-order valence-electron chi connectivity index (χ1n) is 12.5. The molecule has 0 bridgehead atoms. The lowest BCUT2D eigenvalue weighted by Gasteiger charge is -2.22. The second-order valence-electron chi connectivity index (χ2n) is 9.60. The Morgan fingerprint density at radius 3 is 2.38 bits per heavy atom. The summed E-state index contributed by atoms with van der Waals surface area (Å²) in [5.41, 5.74) is 4.46. The van der Waals surface area contributed by atoms with Crippen LogP contribution in [0.4, 0.5) is 8.78 Å². The van der Waals surface area contributed by atoms with Crippen LogP contribution >= 0.6 is 0 Å². The van der Waals surface area contributed by atoms with Gasteiger partial charge in [-0.15, -0.1) is 0 Å². The van der Waals surface area contributed by atoms with E-state index in [0.29, 0.717) is 27.9 Å². The molecular formula is C32H23F2N3O2. The summed E-state index contributed by atoms with van der Waals surface area (Å²) in [6, 6.07) is 25.9. The van der Waals surface area contributed by atoms with Gasteiger partial charge in [0.2, 0.25) is 0 Å². The number of aryl methyl sites for hydroxylation is 1. The standard InChI is InChI=1S/C32H23F2N3O2/c1-19-10-15-26-25(16-19)29(20-6-3-2-4-7-20)30(31(38)35-26)27-18-28(22-8-5-9-24(34)17-22)37(36-27)32(39)21-11-13-23(33)14-12-21/h2-17,28H,18H2,1H3,(H,35,38). The highest BCUT2D eigenvalue weighted by Gasteiger charge is 2.36. The van der Waals surface area contributed by atoms with Gasteiger partial charge in [-0.1, -0.05) is 54.1 Å². The number of carbonyl (C=O) groups is 1. The first kappa shape index (κ1) is 24.4. The van der Waals surface area contributed by atoms with Gasteiger partial charge in [0.05, 0.1) is 17.3 Å². The molecule has 2 heterocycles. The first-order valence-corrected chi connectivity index (χ1v) is 12.5. The quantitative estimate of drug-likeness (QED) is 0.285. The van der Waals surface area contributed by atoms with E-state index in [-0.39, 0.29) is 17.5 Å². The number of hydrogen-bond donors (Lipinski definition) is 1. The lowest BCUT2D eigenvalue weighted by molar-refractivity contribution is 0.0711. The van der Waals surface area contributed by atoms with Gasteiger partial charge in [-0.05, 0) is 66.6 Å². The Balaban J connectivity index is 1.57. The summed E-state index contributed by atoms with van der Waals surface area (Å²) < 4.78 is 27.8. The van der Waals surface area contributed by atoms with Crippen molar-refractivity contribution in [3.8, 4) is 11.1 Å². The number of halogens is 2. The molecule has 1 unspecified atom stereocenters. The summed E-state index contributed by atoms with van der Waals surface area (Å²) in [6.07, 6.45) is 0.191. The van der Waals surface area contributed by atoms with Gasteiger partial charge >= 0.3 is 0 Å². The molecule has 4 aromatic carbocycles. The molecule has 0 saturated carbocycles. The largest absolute Gasteiger partial charge is 0.321 e. The van der Waals surface area contributed by atoms with Gasteiger partial charge in [0.15, 0.2) is 0 Å². The van der Waals surface area contributed by atoms with Crippen LogP contribution in [0.3, 0.4) is 0 Å². The molecule has 7 heteroatoms. The number of carbonyl (C=O) groups excluding carboxylic acids is 1. The number of amides is 1. The summed E-state index contributed by atoms with van der Waals surface area (Å²) in [4.78, 5) is 30.2. The van der Waals surface area contributed by atoms with Crippen molar-refractivity contribution in [1.29, 1.82) is 0 Å². The Morgan fingerprint density at radius 2 is 1.64 bits per heavy atom. The number of H-pyrrole nitrogens is 1. The summed E-state index contributed by atoms with van der Waals surface area (Å²) >= 11 is 0. The van der Waals surface area contributed by atoms with Crippen molar-refractivity contribution in [3.63, 3.8) is 0 Å². The monoisotopic (exact) mass is 519 g/mol. The molecule has 1 aromatic heterocycles. The number of hydrogen-bond acceptors (Lipinski definition) is 3. The van der Waals surface area contributed by atoms with Crippen molar-refractivity contribution in [1.82, 2.24) is 9.99 Å². The van der Waals surface area contributed by atoms with E-state index in [1.54, 1.807) is 12.1 Å². The highest BCUT2D eigenvalue weighted by Crippen LogP contribution is 2.38. The third kappa shape index (κ3) is 4.52. The zero-order valence-electron chi connectivity index (χ0n) is 21.0. The molecule has 0 saturated heterocycles. The fraction of sp³-hybridized carbons (Fsp3) is 0.0938. The number of aromatic amines is 1. The van der Waals surface area contributed by atoms with Crippen molar-refractivity contribution < 1.29 is 13.6 Å². The molecule has 1 N–H and O–H groups in total. The van der Waals surface area contributed by atoms with Crippen LogP contribution in [0.2, 0.25) is 0 Å². The van der Waals surface area contributed by atoms with Crippen LogP contribution in [-0.4, -0.2) is 21.6 Å². The van der Waals surface area contributed by atoms with E-state index in [4.69, 9.17) is 0 Å². The van der Waals surface area contributed by atoms with Crippen molar-refractivity contribution in [3.05, 3.63) is 141 Å². The molecule has 0 radical (unpaired) electrons. The highest BCUT2D eigenvalue weighted by molar-refractivity contribution is 6.13. The number of rotatable bonds is 4. The Labute approximate surface area is 223 Å². The molecule has 5 nitrogen and oxygen atoms in total. The fourth-order valence-electron chi connectivity index (χ4n) is 5.13. The SMILES string of the molecule is Cc1ccc2[nH]c(=O)c(C3=NN(C(=O)c4ccc(F)cc4)C(c4cccc(F)c4)C3)c(-c3ccccc3)c2c1. The minimum atomic E-state index is -0.663. The Bertz CT molecular complexity index is 1810. The van der Waals surface area contributed by atoms with Crippen LogP contribution in [0.25, 0.3) is 22.0 Å². The highest BCUT2D eigenvalue weighted by atomic mass is 19.1. The van der Waals surface area contributed by atoms with Crippen molar-refractivity contribution >= 4 is 22.5 Å². The molecular weight excluding hydrogens is 496 g/mol. The topological polar surface area (TPSA) is 65.5 Å². The normalized spacial score (nSPS) is 15.0. The lowest BCUT2D eigenvalue weighted by atomic mass is 9.90. The summed E-state index contributed by atoms with van der Waals surface area (Å²) in [6.45, 7) is 1.98. The second-order valence-corrected chi connectivity index (χ2v) is 9.60. The van der Waals surface area contributed by atoms with E-state index in [0.717, 1.165) is 16.5 Å². The van der Waals surface area contributed by atoms with Gasteiger partial charge in [0, 0.05) is 28.5 Å². The molecule has 1 amide bonds. The van der Waals surface area contributed by atoms with Gasteiger partial charge in [-0.25, -0.2) is 13.8 Å². The first-order chi connectivity index (χ1) is 18.9. The fourth-order valence-corrected chi connectivity index (χ4v) is 5.13. The Hall–Kier alpha value is -4.91. The van der Waals surface area contributed by atoms with Crippen LogP contribution < -0.4 is 5.56 Å². The number of nitrogens with zero attached hydrogens (tertiary/aromatic N) is 2. The van der Waals surface area contributed by atoms with Crippen LogP contribution in [0.1, 0.15) is 39.5 Å². The number of benzene rings is 4. The van der Waals surface area contributed by atoms with Crippen molar-refractivity contribution in [2.75, 3.05) is 0 Å². The Kier molecular flexibility index (Phi) is 6.11. The molecule has 0 aliphatic carbocycles. The van der Waals surface area contributed by atoms with E-state index in [9.17, 15) is 18.4 Å². The molecule has 1 aliphatic rings. The maximum absolute atomic E-state index is 14.3. The predicted octanol–water partition coefficient (Wildman–Crippen LogP) is 6.77.